The SMILES string of the molecule is CNC(=O)CCNC(=O)[C@H](Cc1ccc(O)cc1)NC(=O)[C@H](CCCCN)NC(=O)[C@@H]1CCCN1C(=O)CNC(=O)[C@H](CC(=O)O)NC(=O)[C@H](CCC(=O)O)NC(=O)[C@@H]1CCCN1. The first-order chi connectivity index (χ1) is 30.0. The van der Waals surface area contributed by atoms with Crippen LogP contribution in [0, 0.1) is 0 Å². The van der Waals surface area contributed by atoms with E-state index in [1.165, 1.54) is 24.1 Å². The van der Waals surface area contributed by atoms with Gasteiger partial charge < -0.3 is 68.5 Å². The number of unbranched alkanes of at least 4 members (excludes halogenated alkanes) is 1. The number of aliphatic carboxylic acids is 2. The first kappa shape index (κ1) is 51.0. The maximum absolute atomic E-state index is 13.8. The van der Waals surface area contributed by atoms with E-state index in [4.69, 9.17) is 5.73 Å². The number of nitrogens with two attached hydrogens (primary N) is 1. The summed E-state index contributed by atoms with van der Waals surface area (Å²) in [6.45, 7) is 0.223. The third kappa shape index (κ3) is 17.5. The number of amides is 8. The first-order valence-electron chi connectivity index (χ1n) is 20.9. The molecular formula is C40H60N10O13. The molecule has 348 valence electrons. The van der Waals surface area contributed by atoms with Crippen LogP contribution in [0.25, 0.3) is 0 Å². The van der Waals surface area contributed by atoms with Crippen LogP contribution in [0.2, 0.25) is 0 Å². The number of carboxylic acid groups (broad SMARTS) is 2. The van der Waals surface area contributed by atoms with E-state index in [9.17, 15) is 63.3 Å². The van der Waals surface area contributed by atoms with Crippen molar-refractivity contribution in [3.8, 4) is 5.75 Å². The fourth-order valence-corrected chi connectivity index (χ4v) is 7.03. The van der Waals surface area contributed by atoms with Crippen LogP contribution in [0.15, 0.2) is 24.3 Å². The molecule has 23 heteroatoms. The summed E-state index contributed by atoms with van der Waals surface area (Å²) in [5, 5.41) is 48.8. The molecular weight excluding hydrogens is 828 g/mol. The summed E-state index contributed by atoms with van der Waals surface area (Å²) in [6, 6.07) is -1.22. The van der Waals surface area contributed by atoms with Crippen molar-refractivity contribution in [2.45, 2.75) is 113 Å². The van der Waals surface area contributed by atoms with Gasteiger partial charge >= 0.3 is 11.9 Å². The largest absolute Gasteiger partial charge is 0.508 e. The molecule has 2 saturated heterocycles. The monoisotopic (exact) mass is 888 g/mol. The van der Waals surface area contributed by atoms with Crippen LogP contribution >= 0.6 is 0 Å². The zero-order chi connectivity index (χ0) is 46.5. The highest BCUT2D eigenvalue weighted by Gasteiger charge is 2.37. The number of carboxylic acids is 2. The van der Waals surface area contributed by atoms with Gasteiger partial charge in [0.1, 0.15) is 36.0 Å². The summed E-state index contributed by atoms with van der Waals surface area (Å²) in [7, 11) is 1.45. The lowest BCUT2D eigenvalue weighted by molar-refractivity contribution is -0.142. The molecule has 0 spiro atoms. The number of hydrogen-bond acceptors (Lipinski definition) is 13. The van der Waals surface area contributed by atoms with Crippen LogP contribution in [0.1, 0.15) is 76.2 Å². The minimum atomic E-state index is -1.74. The van der Waals surface area contributed by atoms with Crippen molar-refractivity contribution in [2.75, 3.05) is 39.8 Å². The number of likely N-dealkylation sites (tertiary alicyclic amines) is 1. The Morgan fingerprint density at radius 1 is 0.746 bits per heavy atom. The van der Waals surface area contributed by atoms with Gasteiger partial charge in [0.05, 0.1) is 19.0 Å². The second-order valence-electron chi connectivity index (χ2n) is 15.3. The van der Waals surface area contributed by atoms with Gasteiger partial charge in [-0.05, 0) is 82.2 Å². The summed E-state index contributed by atoms with van der Waals surface area (Å²) < 4.78 is 0. The van der Waals surface area contributed by atoms with Crippen LogP contribution in [0.3, 0.4) is 0 Å². The van der Waals surface area contributed by atoms with Gasteiger partial charge in [0.15, 0.2) is 0 Å². The van der Waals surface area contributed by atoms with Crippen LogP contribution in [-0.2, 0) is 54.4 Å². The summed E-state index contributed by atoms with van der Waals surface area (Å²) in [4.78, 5) is 129. The molecule has 23 nitrogen and oxygen atoms in total. The van der Waals surface area contributed by atoms with Gasteiger partial charge in [0.25, 0.3) is 0 Å². The van der Waals surface area contributed by atoms with E-state index < -0.39 is 109 Å². The third-order valence-corrected chi connectivity index (χ3v) is 10.5. The van der Waals surface area contributed by atoms with E-state index in [0.717, 1.165) is 0 Å². The number of phenolic OH excluding ortho intramolecular Hbond substituents is 1. The molecule has 63 heavy (non-hydrogen) atoms. The Morgan fingerprint density at radius 3 is 2.02 bits per heavy atom. The summed E-state index contributed by atoms with van der Waals surface area (Å²) in [5.74, 6) is -8.46. The number of carbonyl (C=O) groups is 10. The van der Waals surface area contributed by atoms with Gasteiger partial charge in [-0.2, -0.15) is 0 Å². The van der Waals surface area contributed by atoms with Gasteiger partial charge in [0, 0.05) is 39.4 Å². The highest BCUT2D eigenvalue weighted by atomic mass is 16.4. The number of rotatable bonds is 26. The molecule has 2 fully saturated rings. The Morgan fingerprint density at radius 2 is 1.40 bits per heavy atom. The fraction of sp³-hybridized carbons (Fsp3) is 0.600. The number of benzene rings is 1. The summed E-state index contributed by atoms with van der Waals surface area (Å²) in [6.07, 6.45) is 0.955. The third-order valence-electron chi connectivity index (χ3n) is 10.5. The average molecular weight is 889 g/mol. The molecule has 0 aliphatic carbocycles. The van der Waals surface area contributed by atoms with E-state index in [-0.39, 0.29) is 56.9 Å². The molecule has 0 unspecified atom stereocenters. The van der Waals surface area contributed by atoms with Crippen molar-refractivity contribution in [2.24, 2.45) is 5.73 Å². The predicted octanol–water partition coefficient (Wildman–Crippen LogP) is -3.55. The van der Waals surface area contributed by atoms with E-state index in [2.05, 4.69) is 42.5 Å². The number of phenols is 1. The normalized spacial score (nSPS) is 17.5. The number of hydrogen-bond donors (Lipinski definition) is 12. The van der Waals surface area contributed by atoms with Gasteiger partial charge in [-0.15, -0.1) is 0 Å². The second-order valence-corrected chi connectivity index (χ2v) is 15.3. The van der Waals surface area contributed by atoms with Gasteiger partial charge in [0.2, 0.25) is 47.3 Å². The zero-order valence-electron chi connectivity index (χ0n) is 35.2. The second kappa shape index (κ2) is 26.2. The Balaban J connectivity index is 1.69. The van der Waals surface area contributed by atoms with Crippen molar-refractivity contribution in [3.63, 3.8) is 0 Å². The molecule has 0 bridgehead atoms. The number of carbonyl (C=O) groups excluding carboxylic acids is 8. The molecule has 0 radical (unpaired) electrons. The molecule has 0 saturated carbocycles. The Bertz CT molecular complexity index is 1790. The smallest absolute Gasteiger partial charge is 0.305 e. The van der Waals surface area contributed by atoms with Crippen molar-refractivity contribution >= 4 is 59.2 Å². The van der Waals surface area contributed by atoms with Crippen molar-refractivity contribution in [1.82, 2.24) is 47.4 Å². The van der Waals surface area contributed by atoms with Crippen LogP contribution in [0.5, 0.6) is 5.75 Å². The zero-order valence-corrected chi connectivity index (χ0v) is 35.2. The highest BCUT2D eigenvalue weighted by Crippen LogP contribution is 2.19. The van der Waals surface area contributed by atoms with E-state index in [1.807, 2.05) is 0 Å². The maximum Gasteiger partial charge on any atom is 0.305 e. The van der Waals surface area contributed by atoms with E-state index >= 15 is 0 Å². The highest BCUT2D eigenvalue weighted by molar-refractivity contribution is 5.97. The number of nitrogens with zero attached hydrogens (tertiary/aromatic N) is 1. The predicted molar refractivity (Wildman–Crippen MR) is 222 cm³/mol. The summed E-state index contributed by atoms with van der Waals surface area (Å²) >= 11 is 0. The lowest BCUT2D eigenvalue weighted by Crippen LogP contribution is -2.58. The molecule has 2 aliphatic rings. The number of nitrogens with one attached hydrogen (secondary N) is 8. The lowest BCUT2D eigenvalue weighted by atomic mass is 10.0. The molecule has 1 aromatic rings. The molecule has 2 aliphatic heterocycles. The topological polar surface area (TPSA) is 357 Å². The van der Waals surface area contributed by atoms with Crippen LogP contribution in [0.4, 0.5) is 0 Å². The molecule has 6 atom stereocenters. The fourth-order valence-electron chi connectivity index (χ4n) is 7.03. The van der Waals surface area contributed by atoms with Crippen molar-refractivity contribution < 1.29 is 63.3 Å². The maximum atomic E-state index is 13.8. The Kier molecular flexibility index (Phi) is 21.2. The minimum absolute atomic E-state index is 0.00504. The van der Waals surface area contributed by atoms with Gasteiger partial charge in [-0.25, -0.2) is 0 Å². The Hall–Kier alpha value is -6.36. The lowest BCUT2D eigenvalue weighted by Gasteiger charge is -2.28. The molecule has 0 aromatic heterocycles. The average Bonchev–Trinajstić information content (AvgIpc) is 3.98. The number of aromatic hydroxyl groups is 1. The van der Waals surface area contributed by atoms with Crippen LogP contribution < -0.4 is 48.3 Å². The standard InChI is InChI=1S/C40H60N10O13/c1-42-31(52)15-18-44-35(58)28(20-23-9-11-24(51)12-10-23)48-38(61)26(6-2-3-16-41)47-40(63)30-8-5-19-50(30)32(53)22-45-36(59)29(21-34(56)57)49-39(62)27(13-14-33(54)55)46-37(60)25-7-4-17-43-25/h9-12,25-30,43,51H,2-8,13-22,41H2,1H3,(H,42,52)(H,44,58)(H,45,59)(H,46,60)(H,47,63)(H,48,61)(H,49,62)(H,54,55)(H,56,57)/t25-,26-,27-,28-,29-,30-/m0/s1. The molecule has 8 amide bonds. The Labute approximate surface area is 363 Å². The molecule has 13 N–H and O–H groups in total. The van der Waals surface area contributed by atoms with Crippen molar-refractivity contribution in [3.05, 3.63) is 29.8 Å². The minimum Gasteiger partial charge on any atom is -0.508 e. The van der Waals surface area contributed by atoms with Crippen LogP contribution in [-0.4, -0.2) is 155 Å². The molecule has 1 aromatic carbocycles. The van der Waals surface area contributed by atoms with Gasteiger partial charge in [-0.1, -0.05) is 12.1 Å². The quantitative estimate of drug-likeness (QED) is 0.0401. The van der Waals surface area contributed by atoms with Gasteiger partial charge in [-0.3, -0.25) is 47.9 Å². The van der Waals surface area contributed by atoms with E-state index in [1.54, 1.807) is 12.1 Å². The first-order valence-corrected chi connectivity index (χ1v) is 20.9. The van der Waals surface area contributed by atoms with E-state index in [0.29, 0.717) is 50.8 Å². The summed E-state index contributed by atoms with van der Waals surface area (Å²) in [5.41, 5.74) is 6.27. The molecule has 2 heterocycles. The van der Waals surface area contributed by atoms with Crippen molar-refractivity contribution in [1.29, 1.82) is 0 Å². The molecule has 3 rings (SSSR count).